The fourth-order valence-corrected chi connectivity index (χ4v) is 0.882. The van der Waals surface area contributed by atoms with Crippen molar-refractivity contribution >= 4 is 0 Å². The van der Waals surface area contributed by atoms with Crippen LogP contribution in [0.4, 0.5) is 0 Å². The topological polar surface area (TPSA) is 27.7 Å². The van der Waals surface area contributed by atoms with E-state index in [4.69, 9.17) is 14.2 Å². The maximum absolute atomic E-state index is 5.47. The minimum absolute atomic E-state index is 0.345. The van der Waals surface area contributed by atoms with E-state index < -0.39 is 5.79 Å². The van der Waals surface area contributed by atoms with Crippen molar-refractivity contribution in [1.29, 1.82) is 0 Å². The van der Waals surface area contributed by atoms with E-state index in [1.165, 1.54) is 0 Å². The van der Waals surface area contributed by atoms with Crippen molar-refractivity contribution in [2.24, 2.45) is 0 Å². The van der Waals surface area contributed by atoms with E-state index in [9.17, 15) is 0 Å². The maximum Gasteiger partial charge on any atom is 0.199 e. The van der Waals surface area contributed by atoms with E-state index >= 15 is 0 Å². The van der Waals surface area contributed by atoms with Gasteiger partial charge in [0.2, 0.25) is 0 Å². The van der Waals surface area contributed by atoms with Crippen LogP contribution in [-0.4, -0.2) is 26.6 Å². The lowest BCUT2D eigenvalue weighted by molar-refractivity contribution is -0.209. The molecular weight excluding hydrogens is 180 g/mol. The highest BCUT2D eigenvalue weighted by Crippen LogP contribution is 2.14. The Labute approximate surface area is 84.6 Å². The van der Waals surface area contributed by atoms with Crippen LogP contribution in [-0.2, 0) is 9.47 Å². The van der Waals surface area contributed by atoms with Gasteiger partial charge in [-0.2, -0.15) is 0 Å². The van der Waals surface area contributed by atoms with Gasteiger partial charge in [-0.05, 0) is 25.1 Å². The molecular formula is C11H15O3. The van der Waals surface area contributed by atoms with Crippen LogP contribution >= 0.6 is 0 Å². The molecule has 0 amide bonds. The summed E-state index contributed by atoms with van der Waals surface area (Å²) in [6, 6.07) is 10.2. The molecule has 0 unspecified atom stereocenters. The fraction of sp³-hybridized carbons (Fsp3) is 0.455. The molecule has 0 aromatic heterocycles. The lowest BCUT2D eigenvalue weighted by Gasteiger charge is -2.26. The summed E-state index contributed by atoms with van der Waals surface area (Å²) < 4.78 is 15.8. The number of hydrogen-bond donors (Lipinski definition) is 0. The average Bonchev–Trinajstić information content (AvgIpc) is 2.27. The Morgan fingerprint density at radius 3 is 2.57 bits per heavy atom. The molecule has 1 aromatic carbocycles. The van der Waals surface area contributed by atoms with E-state index in [0.717, 1.165) is 5.75 Å². The third kappa shape index (κ3) is 3.01. The van der Waals surface area contributed by atoms with Crippen LogP contribution in [0.15, 0.2) is 24.3 Å². The van der Waals surface area contributed by atoms with Crippen molar-refractivity contribution in [3.05, 3.63) is 30.3 Å². The third-order valence-corrected chi connectivity index (χ3v) is 2.04. The highest BCUT2D eigenvalue weighted by molar-refractivity contribution is 5.20. The molecule has 0 saturated heterocycles. The number of rotatable bonds is 5. The Kier molecular flexibility index (Phi) is 3.92. The second-order valence-electron chi connectivity index (χ2n) is 3.07. The van der Waals surface area contributed by atoms with Gasteiger partial charge in [0, 0.05) is 14.2 Å². The molecule has 0 bridgehead atoms. The minimum Gasteiger partial charge on any atom is -0.488 e. The van der Waals surface area contributed by atoms with Crippen LogP contribution in [0.1, 0.15) is 6.92 Å². The number of benzene rings is 1. The van der Waals surface area contributed by atoms with E-state index in [0.29, 0.717) is 6.61 Å². The van der Waals surface area contributed by atoms with Crippen molar-refractivity contribution in [2.45, 2.75) is 12.7 Å². The van der Waals surface area contributed by atoms with E-state index in [-0.39, 0.29) is 0 Å². The maximum atomic E-state index is 5.47. The summed E-state index contributed by atoms with van der Waals surface area (Å²) in [5.41, 5.74) is 0. The molecule has 3 heteroatoms. The zero-order valence-electron chi connectivity index (χ0n) is 8.74. The van der Waals surface area contributed by atoms with Crippen LogP contribution in [0.5, 0.6) is 5.75 Å². The standard InChI is InChI=1S/C11H15O3/c1-11(12-2,13-3)9-14-10-7-5-4-6-8-10/h4-5,7-8H,9H2,1-3H3. The first kappa shape index (κ1) is 11.0. The molecule has 0 saturated carbocycles. The van der Waals surface area contributed by atoms with Gasteiger partial charge >= 0.3 is 0 Å². The highest BCUT2D eigenvalue weighted by atomic mass is 16.7. The minimum atomic E-state index is -0.699. The normalized spacial score (nSPS) is 11.4. The number of hydrogen-bond acceptors (Lipinski definition) is 3. The molecule has 77 valence electrons. The average molecular weight is 195 g/mol. The second kappa shape index (κ2) is 4.98. The molecule has 0 aliphatic heterocycles. The van der Waals surface area contributed by atoms with Gasteiger partial charge in [-0.1, -0.05) is 12.1 Å². The van der Waals surface area contributed by atoms with Crippen molar-refractivity contribution in [1.82, 2.24) is 0 Å². The lowest BCUT2D eigenvalue weighted by atomic mass is 10.3. The van der Waals surface area contributed by atoms with Crippen molar-refractivity contribution < 1.29 is 14.2 Å². The van der Waals surface area contributed by atoms with Gasteiger partial charge in [0.25, 0.3) is 0 Å². The lowest BCUT2D eigenvalue weighted by Crippen LogP contribution is -2.36. The Morgan fingerprint density at radius 1 is 1.36 bits per heavy atom. The van der Waals surface area contributed by atoms with E-state index in [1.54, 1.807) is 20.3 Å². The smallest absolute Gasteiger partial charge is 0.199 e. The number of ether oxygens (including phenoxy) is 3. The van der Waals surface area contributed by atoms with Gasteiger partial charge in [0.15, 0.2) is 5.79 Å². The zero-order chi connectivity index (χ0) is 10.4. The molecule has 0 heterocycles. The molecule has 1 aromatic rings. The molecule has 1 rings (SSSR count). The van der Waals surface area contributed by atoms with Gasteiger partial charge in [0.1, 0.15) is 12.4 Å². The first-order valence-electron chi connectivity index (χ1n) is 4.39. The van der Waals surface area contributed by atoms with E-state index in [1.807, 2.05) is 25.1 Å². The fourth-order valence-electron chi connectivity index (χ4n) is 0.882. The Balaban J connectivity index is 2.48. The van der Waals surface area contributed by atoms with Crippen molar-refractivity contribution in [3.8, 4) is 5.75 Å². The summed E-state index contributed by atoms with van der Waals surface area (Å²) in [6.45, 7) is 2.16. The molecule has 1 radical (unpaired) electrons. The van der Waals surface area contributed by atoms with Crippen molar-refractivity contribution in [2.75, 3.05) is 20.8 Å². The Morgan fingerprint density at radius 2 is 2.07 bits per heavy atom. The summed E-state index contributed by atoms with van der Waals surface area (Å²) in [6.07, 6.45) is 0. The molecule has 3 nitrogen and oxygen atoms in total. The molecule has 0 spiro atoms. The van der Waals surface area contributed by atoms with Crippen LogP contribution in [0.25, 0.3) is 0 Å². The van der Waals surface area contributed by atoms with Crippen molar-refractivity contribution in [3.63, 3.8) is 0 Å². The van der Waals surface area contributed by atoms with Crippen LogP contribution in [0, 0.1) is 6.07 Å². The first-order valence-corrected chi connectivity index (χ1v) is 4.39. The summed E-state index contributed by atoms with van der Waals surface area (Å²) in [4.78, 5) is 0. The van der Waals surface area contributed by atoms with Crippen LogP contribution < -0.4 is 4.74 Å². The SMILES string of the molecule is COC(C)(COc1c[c]ccc1)OC. The van der Waals surface area contributed by atoms with Gasteiger partial charge in [-0.25, -0.2) is 0 Å². The molecule has 0 atom stereocenters. The summed E-state index contributed by atoms with van der Waals surface area (Å²) in [5, 5.41) is 0. The Bertz CT molecular complexity index is 254. The van der Waals surface area contributed by atoms with Gasteiger partial charge in [-0.15, -0.1) is 0 Å². The zero-order valence-corrected chi connectivity index (χ0v) is 8.74. The molecule has 0 aliphatic rings. The molecule has 14 heavy (non-hydrogen) atoms. The van der Waals surface area contributed by atoms with E-state index in [2.05, 4.69) is 6.07 Å². The molecule has 0 aliphatic carbocycles. The predicted molar refractivity (Wildman–Crippen MR) is 53.2 cm³/mol. The first-order chi connectivity index (χ1) is 6.70. The number of methoxy groups -OCH3 is 2. The second-order valence-corrected chi connectivity index (χ2v) is 3.07. The van der Waals surface area contributed by atoms with Crippen LogP contribution in [0.3, 0.4) is 0 Å². The summed E-state index contributed by atoms with van der Waals surface area (Å²) in [5.74, 6) is 0.0587. The molecule has 0 N–H and O–H groups in total. The van der Waals surface area contributed by atoms with Gasteiger partial charge < -0.3 is 14.2 Å². The third-order valence-electron chi connectivity index (χ3n) is 2.04. The van der Waals surface area contributed by atoms with Gasteiger partial charge in [-0.3, -0.25) is 0 Å². The summed E-state index contributed by atoms with van der Waals surface area (Å²) >= 11 is 0. The highest BCUT2D eigenvalue weighted by Gasteiger charge is 2.23. The summed E-state index contributed by atoms with van der Waals surface area (Å²) in [7, 11) is 3.17. The Hall–Kier alpha value is -1.06. The molecule has 0 fully saturated rings. The quantitative estimate of drug-likeness (QED) is 0.671. The van der Waals surface area contributed by atoms with Gasteiger partial charge in [0.05, 0.1) is 0 Å². The predicted octanol–water partition coefficient (Wildman–Crippen LogP) is 1.87. The van der Waals surface area contributed by atoms with Crippen LogP contribution in [0.2, 0.25) is 0 Å². The largest absolute Gasteiger partial charge is 0.488 e. The monoisotopic (exact) mass is 195 g/mol.